The summed E-state index contributed by atoms with van der Waals surface area (Å²) in [6.45, 7) is 19.9. The molecular weight excluding hydrogens is 556 g/mol. The van der Waals surface area contributed by atoms with Crippen LogP contribution in [0, 0.1) is 0 Å². The first-order valence-electron chi connectivity index (χ1n) is 14.8. The minimum absolute atomic E-state index is 0.00242. The SMILES string of the molecule is CCN(CC)CCCC(C)NC(=O)CSc1nc(Cl)cc(N2CCN(C(=O)c3ccc(C(C)(C)C)cc3)C(C)C2)n1. The average Bonchev–Trinajstić information content (AvgIpc) is 2.93. The highest BCUT2D eigenvalue weighted by Gasteiger charge is 2.29. The summed E-state index contributed by atoms with van der Waals surface area (Å²) in [5.41, 5.74) is 1.96. The van der Waals surface area contributed by atoms with E-state index in [1.54, 1.807) is 6.07 Å². The molecule has 3 rings (SSSR count). The molecule has 1 aliphatic heterocycles. The highest BCUT2D eigenvalue weighted by molar-refractivity contribution is 7.99. The maximum absolute atomic E-state index is 13.3. The van der Waals surface area contributed by atoms with Gasteiger partial charge in [0.25, 0.3) is 5.91 Å². The van der Waals surface area contributed by atoms with Crippen LogP contribution in [-0.4, -0.2) is 88.7 Å². The fraction of sp³-hybridized carbons (Fsp3) is 0.613. The zero-order valence-corrected chi connectivity index (χ0v) is 27.3. The lowest BCUT2D eigenvalue weighted by Crippen LogP contribution is -2.54. The van der Waals surface area contributed by atoms with Crippen LogP contribution in [0.25, 0.3) is 0 Å². The molecule has 1 aromatic heterocycles. The largest absolute Gasteiger partial charge is 0.353 e. The van der Waals surface area contributed by atoms with Crippen LogP contribution in [-0.2, 0) is 10.2 Å². The summed E-state index contributed by atoms with van der Waals surface area (Å²) in [6, 6.07) is 9.82. The standard InChI is InChI=1S/C31H47ClN6O2S/c1-8-36(9-2)16-10-11-22(3)33-28(39)21-41-30-34-26(32)19-27(35-30)37-17-18-38(23(4)20-37)29(40)24-12-14-25(15-13-24)31(5,6)7/h12-15,19,22-23H,8-11,16-18,20-21H2,1-7H3,(H,33,39). The Kier molecular flexibility index (Phi) is 12.3. The maximum Gasteiger partial charge on any atom is 0.254 e. The fourth-order valence-corrected chi connectivity index (χ4v) is 5.93. The zero-order valence-electron chi connectivity index (χ0n) is 25.7. The molecule has 1 aromatic carbocycles. The third-order valence-electron chi connectivity index (χ3n) is 7.62. The maximum atomic E-state index is 13.3. The summed E-state index contributed by atoms with van der Waals surface area (Å²) >= 11 is 7.64. The van der Waals surface area contributed by atoms with Gasteiger partial charge in [-0.15, -0.1) is 0 Å². The lowest BCUT2D eigenvalue weighted by molar-refractivity contribution is -0.119. The first-order chi connectivity index (χ1) is 19.4. The van der Waals surface area contributed by atoms with Crippen molar-refractivity contribution >= 4 is 41.0 Å². The van der Waals surface area contributed by atoms with Crippen LogP contribution in [0.4, 0.5) is 5.82 Å². The van der Waals surface area contributed by atoms with Crippen molar-refractivity contribution in [2.75, 3.05) is 49.9 Å². The van der Waals surface area contributed by atoms with Crippen molar-refractivity contribution in [2.45, 2.75) is 84.0 Å². The van der Waals surface area contributed by atoms with E-state index in [0.29, 0.717) is 41.3 Å². The van der Waals surface area contributed by atoms with Gasteiger partial charge in [0.1, 0.15) is 11.0 Å². The number of aromatic nitrogens is 2. The van der Waals surface area contributed by atoms with E-state index in [1.165, 1.54) is 17.3 Å². The Hall–Kier alpha value is -2.36. The van der Waals surface area contributed by atoms with Crippen molar-refractivity contribution in [1.29, 1.82) is 0 Å². The van der Waals surface area contributed by atoms with E-state index in [9.17, 15) is 9.59 Å². The van der Waals surface area contributed by atoms with Gasteiger partial charge >= 0.3 is 0 Å². The van der Waals surface area contributed by atoms with Gasteiger partial charge in [-0.3, -0.25) is 9.59 Å². The van der Waals surface area contributed by atoms with Crippen LogP contribution < -0.4 is 10.2 Å². The van der Waals surface area contributed by atoms with Crippen molar-refractivity contribution < 1.29 is 9.59 Å². The average molecular weight is 603 g/mol. The fourth-order valence-electron chi connectivity index (χ4n) is 5.04. The van der Waals surface area contributed by atoms with E-state index in [1.807, 2.05) is 36.1 Å². The van der Waals surface area contributed by atoms with E-state index in [-0.39, 0.29) is 35.1 Å². The first-order valence-corrected chi connectivity index (χ1v) is 16.1. The smallest absolute Gasteiger partial charge is 0.254 e. The van der Waals surface area contributed by atoms with E-state index >= 15 is 0 Å². The van der Waals surface area contributed by atoms with Crippen LogP contribution in [0.3, 0.4) is 0 Å². The number of hydrogen-bond donors (Lipinski definition) is 1. The molecule has 0 bridgehead atoms. The number of hydrogen-bond acceptors (Lipinski definition) is 7. The van der Waals surface area contributed by atoms with Crippen molar-refractivity contribution in [3.63, 3.8) is 0 Å². The topological polar surface area (TPSA) is 81.7 Å². The van der Waals surface area contributed by atoms with Gasteiger partial charge in [0.2, 0.25) is 5.91 Å². The van der Waals surface area contributed by atoms with Gasteiger partial charge in [-0.1, -0.05) is 70.1 Å². The van der Waals surface area contributed by atoms with E-state index < -0.39 is 0 Å². The van der Waals surface area contributed by atoms with Crippen LogP contribution in [0.2, 0.25) is 5.15 Å². The molecule has 1 saturated heterocycles. The molecule has 2 unspecified atom stereocenters. The lowest BCUT2D eigenvalue weighted by atomic mass is 9.86. The molecule has 226 valence electrons. The Morgan fingerprint density at radius 2 is 1.83 bits per heavy atom. The molecule has 0 saturated carbocycles. The van der Waals surface area contributed by atoms with Crippen molar-refractivity contribution in [1.82, 2.24) is 25.1 Å². The summed E-state index contributed by atoms with van der Waals surface area (Å²) < 4.78 is 0. The van der Waals surface area contributed by atoms with Gasteiger partial charge < -0.3 is 20.0 Å². The predicted molar refractivity (Wildman–Crippen MR) is 170 cm³/mol. The molecule has 2 heterocycles. The summed E-state index contributed by atoms with van der Waals surface area (Å²) in [4.78, 5) is 41.3. The minimum Gasteiger partial charge on any atom is -0.353 e. The monoisotopic (exact) mass is 602 g/mol. The van der Waals surface area contributed by atoms with E-state index in [0.717, 1.165) is 32.5 Å². The Labute approximate surface area is 255 Å². The molecule has 1 fully saturated rings. The molecule has 1 aliphatic rings. The number of anilines is 1. The molecule has 0 radical (unpaired) electrons. The van der Waals surface area contributed by atoms with Crippen molar-refractivity contribution in [3.8, 4) is 0 Å². The lowest BCUT2D eigenvalue weighted by Gasteiger charge is -2.40. The summed E-state index contributed by atoms with van der Waals surface area (Å²) in [6.07, 6.45) is 2.00. The number of carbonyl (C=O) groups excluding carboxylic acids is 2. The van der Waals surface area contributed by atoms with Crippen LogP contribution in [0.15, 0.2) is 35.5 Å². The van der Waals surface area contributed by atoms with Crippen molar-refractivity contribution in [2.24, 2.45) is 0 Å². The number of halogens is 1. The van der Waals surface area contributed by atoms with Crippen LogP contribution in [0.5, 0.6) is 0 Å². The highest BCUT2D eigenvalue weighted by Crippen LogP contribution is 2.26. The number of piperazine rings is 1. The molecule has 1 N–H and O–H groups in total. The predicted octanol–water partition coefficient (Wildman–Crippen LogP) is 5.50. The van der Waals surface area contributed by atoms with Crippen LogP contribution in [0.1, 0.15) is 77.2 Å². The second-order valence-electron chi connectivity index (χ2n) is 11.9. The van der Waals surface area contributed by atoms with Gasteiger partial charge in [0.05, 0.1) is 5.75 Å². The molecule has 41 heavy (non-hydrogen) atoms. The Bertz CT molecular complexity index is 1150. The van der Waals surface area contributed by atoms with Gasteiger partial charge in [-0.2, -0.15) is 0 Å². The Morgan fingerprint density at radius 3 is 2.44 bits per heavy atom. The van der Waals surface area contributed by atoms with Crippen LogP contribution >= 0.6 is 23.4 Å². The minimum atomic E-state index is -0.0354. The molecule has 8 nitrogen and oxygen atoms in total. The number of benzene rings is 1. The number of amides is 2. The number of nitrogens with one attached hydrogen (secondary N) is 1. The molecule has 2 amide bonds. The number of nitrogens with zero attached hydrogens (tertiary/aromatic N) is 5. The summed E-state index contributed by atoms with van der Waals surface area (Å²) in [5.74, 6) is 0.952. The Balaban J connectivity index is 1.53. The molecular formula is C31H47ClN6O2S. The molecule has 2 aromatic rings. The summed E-state index contributed by atoms with van der Waals surface area (Å²) in [5, 5.41) is 3.90. The second kappa shape index (κ2) is 15.2. The number of thioether (sulfide) groups is 1. The Morgan fingerprint density at radius 1 is 1.15 bits per heavy atom. The zero-order chi connectivity index (χ0) is 30.2. The molecule has 2 atom stereocenters. The first kappa shape index (κ1) is 33.1. The normalized spacial score (nSPS) is 16.7. The second-order valence-corrected chi connectivity index (χ2v) is 13.2. The van der Waals surface area contributed by atoms with Gasteiger partial charge in [-0.25, -0.2) is 9.97 Å². The quantitative estimate of drug-likeness (QED) is 0.195. The number of carbonyl (C=O) groups is 2. The number of rotatable bonds is 12. The third-order valence-corrected chi connectivity index (χ3v) is 8.66. The van der Waals surface area contributed by atoms with E-state index in [2.05, 4.69) is 61.6 Å². The highest BCUT2D eigenvalue weighted by atomic mass is 35.5. The van der Waals surface area contributed by atoms with Gasteiger partial charge in [-0.05, 0) is 69.4 Å². The summed E-state index contributed by atoms with van der Waals surface area (Å²) in [7, 11) is 0. The molecule has 0 spiro atoms. The third kappa shape index (κ3) is 9.86. The molecule has 0 aliphatic carbocycles. The van der Waals surface area contributed by atoms with Gasteiger partial charge in [0.15, 0.2) is 5.16 Å². The molecule has 10 heteroatoms. The van der Waals surface area contributed by atoms with Gasteiger partial charge in [0, 0.05) is 43.3 Å². The van der Waals surface area contributed by atoms with Crippen molar-refractivity contribution in [3.05, 3.63) is 46.6 Å². The van der Waals surface area contributed by atoms with E-state index in [4.69, 9.17) is 16.6 Å².